The summed E-state index contributed by atoms with van der Waals surface area (Å²) >= 11 is 3.53. The van der Waals surface area contributed by atoms with Gasteiger partial charge in [-0.2, -0.15) is 4.98 Å². The summed E-state index contributed by atoms with van der Waals surface area (Å²) in [5.41, 5.74) is 11.4. The van der Waals surface area contributed by atoms with Crippen LogP contribution in [0, 0.1) is 13.8 Å². The number of aromatic nitrogens is 2. The zero-order valence-corrected chi connectivity index (χ0v) is 21.4. The van der Waals surface area contributed by atoms with Crippen molar-refractivity contribution < 1.29 is 8.42 Å². The fourth-order valence-corrected chi connectivity index (χ4v) is 5.72. The van der Waals surface area contributed by atoms with Crippen molar-refractivity contribution >= 4 is 43.2 Å². The van der Waals surface area contributed by atoms with Gasteiger partial charge in [0.15, 0.2) is 9.84 Å². The lowest BCUT2D eigenvalue weighted by atomic mass is 9.97. The minimum atomic E-state index is -3.22. The molecule has 1 saturated heterocycles. The quantitative estimate of drug-likeness (QED) is 0.498. The molecule has 0 spiro atoms. The van der Waals surface area contributed by atoms with Crippen molar-refractivity contribution in [1.29, 1.82) is 0 Å². The van der Waals surface area contributed by atoms with Gasteiger partial charge >= 0.3 is 0 Å². The Morgan fingerprint density at radius 1 is 1.12 bits per heavy atom. The maximum atomic E-state index is 11.9. The van der Waals surface area contributed by atoms with E-state index in [1.54, 1.807) is 24.4 Å². The Bertz CT molecular complexity index is 1260. The monoisotopic (exact) mass is 529 g/mol. The van der Waals surface area contributed by atoms with Crippen molar-refractivity contribution in [2.45, 2.75) is 37.6 Å². The molecular formula is C24H28BrN5O2S. The fraction of sp³-hybridized carbons (Fsp3) is 0.333. The van der Waals surface area contributed by atoms with E-state index in [1.165, 1.54) is 6.26 Å². The number of anilines is 3. The van der Waals surface area contributed by atoms with Crippen LogP contribution in [0.2, 0.25) is 0 Å². The van der Waals surface area contributed by atoms with Gasteiger partial charge in [0.2, 0.25) is 5.95 Å². The Kier molecular flexibility index (Phi) is 6.63. The molecule has 9 heteroatoms. The van der Waals surface area contributed by atoms with Crippen LogP contribution in [0.1, 0.15) is 24.0 Å². The highest BCUT2D eigenvalue weighted by Crippen LogP contribution is 2.33. The van der Waals surface area contributed by atoms with Gasteiger partial charge in [0.1, 0.15) is 5.82 Å². The first-order valence-corrected chi connectivity index (χ1v) is 13.5. The molecule has 0 unspecified atom stereocenters. The third-order valence-corrected chi connectivity index (χ3v) is 7.59. The van der Waals surface area contributed by atoms with Gasteiger partial charge in [-0.3, -0.25) is 0 Å². The van der Waals surface area contributed by atoms with Crippen molar-refractivity contribution in [2.24, 2.45) is 0 Å². The molecule has 0 saturated carbocycles. The molecule has 3 aromatic rings. The maximum Gasteiger partial charge on any atom is 0.224 e. The van der Waals surface area contributed by atoms with Crippen LogP contribution < -0.4 is 16.0 Å². The number of nitrogens with one attached hydrogen (secondary N) is 1. The Labute approximate surface area is 203 Å². The SMILES string of the molecule is Cc1cc(Br)cc(C)c1-c1cnc(NC2CCN(c3cccc(S(C)(=O)=O)c3)CC2)nc1N. The van der Waals surface area contributed by atoms with Crippen LogP contribution >= 0.6 is 15.9 Å². The molecule has 0 radical (unpaired) electrons. The minimum Gasteiger partial charge on any atom is -0.383 e. The Morgan fingerprint density at radius 3 is 2.39 bits per heavy atom. The van der Waals surface area contributed by atoms with Gasteiger partial charge in [-0.25, -0.2) is 13.4 Å². The topological polar surface area (TPSA) is 101 Å². The number of halogens is 1. The minimum absolute atomic E-state index is 0.223. The highest BCUT2D eigenvalue weighted by Gasteiger charge is 2.21. The summed E-state index contributed by atoms with van der Waals surface area (Å²) in [7, 11) is -3.22. The summed E-state index contributed by atoms with van der Waals surface area (Å²) in [5.74, 6) is 0.984. The maximum absolute atomic E-state index is 11.9. The van der Waals surface area contributed by atoms with Crippen LogP contribution in [0.3, 0.4) is 0 Å². The number of nitrogens with two attached hydrogens (primary N) is 1. The summed E-state index contributed by atoms with van der Waals surface area (Å²) in [6, 6.07) is 11.5. The lowest BCUT2D eigenvalue weighted by Crippen LogP contribution is -2.39. The van der Waals surface area contributed by atoms with E-state index in [4.69, 9.17) is 5.73 Å². The molecule has 1 aliphatic rings. The number of hydrogen-bond donors (Lipinski definition) is 2. The number of benzene rings is 2. The van der Waals surface area contributed by atoms with Gasteiger partial charge in [0.05, 0.1) is 4.90 Å². The van der Waals surface area contributed by atoms with Gasteiger partial charge < -0.3 is 16.0 Å². The molecule has 174 valence electrons. The van der Waals surface area contributed by atoms with E-state index in [2.05, 4.69) is 62.1 Å². The number of hydrogen-bond acceptors (Lipinski definition) is 7. The first-order chi connectivity index (χ1) is 15.6. The number of piperidine rings is 1. The number of aryl methyl sites for hydroxylation is 2. The molecule has 0 atom stereocenters. The second kappa shape index (κ2) is 9.30. The average molecular weight is 530 g/mol. The van der Waals surface area contributed by atoms with Crippen LogP contribution in [0.4, 0.5) is 17.5 Å². The van der Waals surface area contributed by atoms with Crippen molar-refractivity contribution in [3.05, 3.63) is 58.2 Å². The van der Waals surface area contributed by atoms with Crippen LogP contribution in [0.25, 0.3) is 11.1 Å². The van der Waals surface area contributed by atoms with Crippen molar-refractivity contribution in [1.82, 2.24) is 9.97 Å². The number of sulfone groups is 1. The van der Waals surface area contributed by atoms with E-state index >= 15 is 0 Å². The summed E-state index contributed by atoms with van der Waals surface area (Å²) in [5, 5.41) is 3.41. The molecule has 1 aromatic heterocycles. The summed E-state index contributed by atoms with van der Waals surface area (Å²) in [6.45, 7) is 5.74. The molecule has 1 aliphatic heterocycles. The van der Waals surface area contributed by atoms with Crippen LogP contribution in [0.5, 0.6) is 0 Å². The summed E-state index contributed by atoms with van der Waals surface area (Å²) in [4.78, 5) is 11.6. The molecule has 0 aliphatic carbocycles. The number of nitrogen functional groups attached to an aromatic ring is 1. The smallest absolute Gasteiger partial charge is 0.224 e. The van der Waals surface area contributed by atoms with E-state index in [9.17, 15) is 8.42 Å². The largest absolute Gasteiger partial charge is 0.383 e. The van der Waals surface area contributed by atoms with Gasteiger partial charge in [0, 0.05) is 47.3 Å². The third kappa shape index (κ3) is 5.30. The van der Waals surface area contributed by atoms with Gasteiger partial charge in [-0.15, -0.1) is 0 Å². The van der Waals surface area contributed by atoms with E-state index in [-0.39, 0.29) is 6.04 Å². The molecule has 1 fully saturated rings. The van der Waals surface area contributed by atoms with Crippen molar-refractivity contribution in [3.63, 3.8) is 0 Å². The molecule has 0 bridgehead atoms. The van der Waals surface area contributed by atoms with E-state index in [0.717, 1.165) is 58.3 Å². The number of rotatable bonds is 5. The zero-order chi connectivity index (χ0) is 23.8. The first kappa shape index (κ1) is 23.5. The van der Waals surface area contributed by atoms with Gasteiger partial charge in [-0.1, -0.05) is 22.0 Å². The predicted octanol–water partition coefficient (Wildman–Crippen LogP) is 4.59. The fourth-order valence-electron chi connectivity index (χ4n) is 4.37. The van der Waals surface area contributed by atoms with E-state index < -0.39 is 9.84 Å². The molecule has 7 nitrogen and oxygen atoms in total. The zero-order valence-electron chi connectivity index (χ0n) is 19.0. The van der Waals surface area contributed by atoms with Crippen LogP contribution in [-0.4, -0.2) is 43.8 Å². The Hall–Kier alpha value is -2.65. The highest BCUT2D eigenvalue weighted by atomic mass is 79.9. The highest BCUT2D eigenvalue weighted by molar-refractivity contribution is 9.10. The van der Waals surface area contributed by atoms with E-state index in [0.29, 0.717) is 16.7 Å². The lowest BCUT2D eigenvalue weighted by Gasteiger charge is -2.34. The molecule has 33 heavy (non-hydrogen) atoms. The molecule has 0 amide bonds. The Balaban J connectivity index is 1.43. The van der Waals surface area contributed by atoms with Crippen LogP contribution in [0.15, 0.2) is 52.0 Å². The standard InChI is InChI=1S/C24H28BrN5O2S/c1-15-11-17(25)12-16(2)22(15)21-14-27-24(29-23(21)26)28-18-7-9-30(10-8-18)19-5-4-6-20(13-19)33(3,31)32/h4-6,11-14,18H,7-10H2,1-3H3,(H3,26,27,28,29). The van der Waals surface area contributed by atoms with Crippen molar-refractivity contribution in [3.8, 4) is 11.1 Å². The second-order valence-corrected chi connectivity index (χ2v) is 11.5. The molecule has 2 aromatic carbocycles. The second-order valence-electron chi connectivity index (χ2n) is 8.58. The van der Waals surface area contributed by atoms with Crippen molar-refractivity contribution in [2.75, 3.05) is 35.3 Å². The number of nitrogens with zero attached hydrogens (tertiary/aromatic N) is 3. The van der Waals surface area contributed by atoms with Crippen LogP contribution in [-0.2, 0) is 9.84 Å². The average Bonchev–Trinajstić information content (AvgIpc) is 2.75. The Morgan fingerprint density at radius 2 is 1.79 bits per heavy atom. The normalized spacial score (nSPS) is 15.0. The first-order valence-electron chi connectivity index (χ1n) is 10.8. The molecule has 3 N–H and O–H groups in total. The molecule has 2 heterocycles. The predicted molar refractivity (Wildman–Crippen MR) is 137 cm³/mol. The molecular weight excluding hydrogens is 502 g/mol. The van der Waals surface area contributed by atoms with Gasteiger partial charge in [0.25, 0.3) is 0 Å². The lowest BCUT2D eigenvalue weighted by molar-refractivity contribution is 0.524. The molecule has 4 rings (SSSR count). The van der Waals surface area contributed by atoms with Gasteiger partial charge in [-0.05, 0) is 73.7 Å². The summed E-state index contributed by atoms with van der Waals surface area (Å²) in [6.07, 6.45) is 4.80. The van der Waals surface area contributed by atoms with E-state index in [1.807, 2.05) is 6.07 Å². The summed E-state index contributed by atoms with van der Waals surface area (Å²) < 4.78 is 24.8. The third-order valence-electron chi connectivity index (χ3n) is 6.02.